The zero-order valence-electron chi connectivity index (χ0n) is 6.82. The zero-order chi connectivity index (χ0) is 10.5. The van der Waals surface area contributed by atoms with Crippen molar-refractivity contribution in [3.05, 3.63) is 0 Å². The van der Waals surface area contributed by atoms with E-state index in [0.29, 0.717) is 0 Å². The molecule has 0 heterocycles. The number of ether oxygens (including phenoxy) is 1. The molecule has 0 spiro atoms. The van der Waals surface area contributed by atoms with E-state index in [0.717, 1.165) is 0 Å². The van der Waals surface area contributed by atoms with E-state index in [4.69, 9.17) is 0 Å². The summed E-state index contributed by atoms with van der Waals surface area (Å²) in [5, 5.41) is 1.61. The van der Waals surface area contributed by atoms with Gasteiger partial charge in [-0.25, -0.2) is 8.78 Å². The van der Waals surface area contributed by atoms with Crippen LogP contribution in [-0.4, -0.2) is 38.5 Å². The Hall–Kier alpha value is -0.850. The van der Waals surface area contributed by atoms with Crippen LogP contribution in [-0.2, 0) is 9.53 Å². The van der Waals surface area contributed by atoms with Gasteiger partial charge in [0, 0.05) is 13.7 Å². The summed E-state index contributed by atoms with van der Waals surface area (Å²) in [6.45, 7) is -0.233. The third-order valence-corrected chi connectivity index (χ3v) is 1.17. The molecule has 1 amide bonds. The number of methoxy groups -OCH3 is 1. The Morgan fingerprint density at radius 2 is 2.08 bits per heavy atom. The highest BCUT2D eigenvalue weighted by Gasteiger charge is 2.48. The fourth-order valence-electron chi connectivity index (χ4n) is 0.484. The summed E-state index contributed by atoms with van der Waals surface area (Å²) in [6.07, 6.45) is -3.99. The second kappa shape index (κ2) is 5.00. The third kappa shape index (κ3) is 3.58. The van der Waals surface area contributed by atoms with Gasteiger partial charge in [0.15, 0.2) is 0 Å². The molecule has 0 unspecified atom stereocenters. The van der Waals surface area contributed by atoms with Crippen LogP contribution in [0.2, 0.25) is 0 Å². The van der Waals surface area contributed by atoms with Crippen molar-refractivity contribution in [3.8, 4) is 0 Å². The van der Waals surface area contributed by atoms with Gasteiger partial charge in [-0.1, -0.05) is 0 Å². The highest BCUT2D eigenvalue weighted by Crippen LogP contribution is 2.22. The Kier molecular flexibility index (Phi) is 4.68. The molecule has 0 saturated carbocycles. The lowest BCUT2D eigenvalue weighted by Crippen LogP contribution is -2.46. The van der Waals surface area contributed by atoms with Crippen molar-refractivity contribution in [3.63, 3.8) is 0 Å². The Bertz CT molecular complexity index is 174. The van der Waals surface area contributed by atoms with Gasteiger partial charge in [-0.2, -0.15) is 8.78 Å². The van der Waals surface area contributed by atoms with Crippen LogP contribution in [0.25, 0.3) is 0 Å². The largest absolute Gasteiger partial charge is 0.383 e. The molecule has 78 valence electrons. The average molecular weight is 203 g/mol. The molecule has 0 aliphatic carbocycles. The Morgan fingerprint density at radius 1 is 1.54 bits per heavy atom. The molecule has 0 atom stereocenters. The Morgan fingerprint density at radius 3 is 2.46 bits per heavy atom. The molecule has 13 heavy (non-hydrogen) atoms. The van der Waals surface area contributed by atoms with Crippen molar-refractivity contribution in [2.24, 2.45) is 0 Å². The van der Waals surface area contributed by atoms with Gasteiger partial charge in [0.25, 0.3) is 5.91 Å². The predicted molar refractivity (Wildman–Crippen MR) is 35.8 cm³/mol. The fraction of sp³-hybridized carbons (Fsp3) is 0.833. The maximum atomic E-state index is 12.2. The van der Waals surface area contributed by atoms with E-state index in [2.05, 4.69) is 4.74 Å². The standard InChI is InChI=1S/C6H9F4NO2/c1-13-3-2-11-5(12)6(9,10)4(7)8/h4H,2-3H2,1H3,(H,11,12). The molecule has 0 radical (unpaired) electrons. The topological polar surface area (TPSA) is 38.3 Å². The van der Waals surface area contributed by atoms with Crippen molar-refractivity contribution >= 4 is 5.91 Å². The minimum absolute atomic E-state index is 0.00887. The summed E-state index contributed by atoms with van der Waals surface area (Å²) in [4.78, 5) is 10.4. The van der Waals surface area contributed by atoms with Gasteiger partial charge in [0.2, 0.25) is 0 Å². The van der Waals surface area contributed by atoms with Crippen molar-refractivity contribution in [2.45, 2.75) is 12.3 Å². The second-order valence-corrected chi connectivity index (χ2v) is 2.17. The minimum atomic E-state index is -4.63. The predicted octanol–water partition coefficient (Wildman–Crippen LogP) is 0.649. The molecule has 0 bridgehead atoms. The Balaban J connectivity index is 3.95. The lowest BCUT2D eigenvalue weighted by atomic mass is 10.3. The molecule has 0 aromatic carbocycles. The molecule has 0 rings (SSSR count). The number of nitrogens with one attached hydrogen (secondary N) is 1. The van der Waals surface area contributed by atoms with Crippen molar-refractivity contribution in [2.75, 3.05) is 20.3 Å². The maximum Gasteiger partial charge on any atom is 0.383 e. The summed E-state index contributed by atoms with van der Waals surface area (Å²) in [5.41, 5.74) is 0. The lowest BCUT2D eigenvalue weighted by Gasteiger charge is -2.14. The number of alkyl halides is 4. The highest BCUT2D eigenvalue weighted by molar-refractivity contribution is 5.83. The number of rotatable bonds is 5. The first-order valence-corrected chi connectivity index (χ1v) is 3.36. The molecule has 0 aliphatic rings. The van der Waals surface area contributed by atoms with Crippen LogP contribution in [0.5, 0.6) is 0 Å². The number of hydrogen-bond acceptors (Lipinski definition) is 2. The van der Waals surface area contributed by atoms with Crippen molar-refractivity contribution in [1.29, 1.82) is 0 Å². The van der Waals surface area contributed by atoms with E-state index >= 15 is 0 Å². The molecule has 0 saturated heterocycles. The Labute approximate surface area is 72.1 Å². The van der Waals surface area contributed by atoms with E-state index in [1.165, 1.54) is 7.11 Å². The van der Waals surface area contributed by atoms with Crippen molar-refractivity contribution < 1.29 is 27.1 Å². The number of amides is 1. The van der Waals surface area contributed by atoms with Crippen molar-refractivity contribution in [1.82, 2.24) is 5.32 Å². The first-order chi connectivity index (χ1) is 5.92. The molecular formula is C6H9F4NO2. The first kappa shape index (κ1) is 12.2. The normalized spacial score (nSPS) is 11.8. The molecular weight excluding hydrogens is 194 g/mol. The molecule has 1 N–H and O–H groups in total. The molecule has 0 aromatic heterocycles. The van der Waals surface area contributed by atoms with E-state index in [-0.39, 0.29) is 13.2 Å². The van der Waals surface area contributed by atoms with E-state index in [1.54, 1.807) is 5.32 Å². The summed E-state index contributed by atoms with van der Waals surface area (Å²) in [5.74, 6) is -6.62. The molecule has 0 fully saturated rings. The van der Waals surface area contributed by atoms with Gasteiger partial charge >= 0.3 is 12.3 Å². The zero-order valence-corrected chi connectivity index (χ0v) is 6.82. The van der Waals surface area contributed by atoms with Gasteiger partial charge < -0.3 is 10.1 Å². The average Bonchev–Trinajstić information content (AvgIpc) is 2.04. The minimum Gasteiger partial charge on any atom is -0.383 e. The van der Waals surface area contributed by atoms with Crippen LogP contribution in [0.1, 0.15) is 0 Å². The van der Waals surface area contributed by atoms with E-state index in [9.17, 15) is 22.4 Å². The van der Waals surface area contributed by atoms with Gasteiger partial charge in [-0.05, 0) is 0 Å². The lowest BCUT2D eigenvalue weighted by molar-refractivity contribution is -0.169. The number of carbonyl (C=O) groups excluding carboxylic acids is 1. The molecule has 0 aromatic rings. The summed E-state index contributed by atoms with van der Waals surface area (Å²) < 4.78 is 51.8. The number of hydrogen-bond donors (Lipinski definition) is 1. The summed E-state index contributed by atoms with van der Waals surface area (Å²) >= 11 is 0. The number of halogens is 4. The smallest absolute Gasteiger partial charge is 0.383 e. The maximum absolute atomic E-state index is 12.2. The van der Waals surface area contributed by atoms with Gasteiger partial charge in [0.05, 0.1) is 6.61 Å². The SMILES string of the molecule is COCCNC(=O)C(F)(F)C(F)F. The van der Waals surface area contributed by atoms with Crippen LogP contribution < -0.4 is 5.32 Å². The van der Waals surface area contributed by atoms with Gasteiger partial charge in [-0.3, -0.25) is 4.79 Å². The molecule has 3 nitrogen and oxygen atoms in total. The third-order valence-electron chi connectivity index (χ3n) is 1.17. The summed E-state index contributed by atoms with van der Waals surface area (Å²) in [6, 6.07) is 0. The monoisotopic (exact) mass is 203 g/mol. The van der Waals surface area contributed by atoms with Crippen LogP contribution in [0.15, 0.2) is 0 Å². The van der Waals surface area contributed by atoms with Crippen LogP contribution >= 0.6 is 0 Å². The van der Waals surface area contributed by atoms with Gasteiger partial charge in [-0.15, -0.1) is 0 Å². The van der Waals surface area contributed by atoms with Gasteiger partial charge in [0.1, 0.15) is 0 Å². The first-order valence-electron chi connectivity index (χ1n) is 3.36. The highest BCUT2D eigenvalue weighted by atomic mass is 19.3. The van der Waals surface area contributed by atoms with E-state index in [1.807, 2.05) is 0 Å². The van der Waals surface area contributed by atoms with Crippen LogP contribution in [0.3, 0.4) is 0 Å². The fourth-order valence-corrected chi connectivity index (χ4v) is 0.484. The quantitative estimate of drug-likeness (QED) is 0.526. The van der Waals surface area contributed by atoms with E-state index < -0.39 is 18.3 Å². The van der Waals surface area contributed by atoms with Crippen LogP contribution in [0.4, 0.5) is 17.6 Å². The molecule has 0 aliphatic heterocycles. The molecule has 7 heteroatoms. The second-order valence-electron chi connectivity index (χ2n) is 2.17. The van der Waals surface area contributed by atoms with Crippen LogP contribution in [0, 0.1) is 0 Å². The summed E-state index contributed by atoms with van der Waals surface area (Å²) in [7, 11) is 1.29. The number of carbonyl (C=O) groups is 1.